The Labute approximate surface area is 184 Å². The highest BCUT2D eigenvalue weighted by molar-refractivity contribution is 6.30. The molecule has 0 radical (unpaired) electrons. The first-order chi connectivity index (χ1) is 14.8. The quantitative estimate of drug-likeness (QED) is 0.723. The predicted octanol–water partition coefficient (Wildman–Crippen LogP) is 3.56. The molecular formula is C22H26ClF3N4O. The molecule has 2 fully saturated rings. The van der Waals surface area contributed by atoms with Crippen LogP contribution in [-0.2, 0) is 12.7 Å². The highest BCUT2D eigenvalue weighted by atomic mass is 35.5. The van der Waals surface area contributed by atoms with Gasteiger partial charge in [-0.05, 0) is 55.8 Å². The van der Waals surface area contributed by atoms with Crippen LogP contribution in [0, 0.1) is 0 Å². The number of benzene rings is 1. The summed E-state index contributed by atoms with van der Waals surface area (Å²) in [6.07, 6.45) is -3.22. The van der Waals surface area contributed by atoms with Crippen molar-refractivity contribution in [3.05, 3.63) is 58.7 Å². The monoisotopic (exact) mass is 454 g/mol. The lowest BCUT2D eigenvalue weighted by Gasteiger charge is -2.34. The summed E-state index contributed by atoms with van der Waals surface area (Å²) >= 11 is 5.94. The Kier molecular flexibility index (Phi) is 6.71. The van der Waals surface area contributed by atoms with E-state index in [1.807, 2.05) is 24.3 Å². The van der Waals surface area contributed by atoms with Crippen molar-refractivity contribution < 1.29 is 18.3 Å². The van der Waals surface area contributed by atoms with Gasteiger partial charge in [0.1, 0.15) is 11.5 Å². The zero-order valence-corrected chi connectivity index (χ0v) is 17.8. The van der Waals surface area contributed by atoms with Crippen molar-refractivity contribution in [2.75, 3.05) is 31.1 Å². The molecule has 2 aromatic rings. The van der Waals surface area contributed by atoms with Crippen molar-refractivity contribution in [3.8, 4) is 0 Å². The smallest absolute Gasteiger partial charge is 0.390 e. The fourth-order valence-corrected chi connectivity index (χ4v) is 4.43. The second-order valence-corrected chi connectivity index (χ2v) is 8.74. The van der Waals surface area contributed by atoms with Gasteiger partial charge in [-0.1, -0.05) is 29.8 Å². The van der Waals surface area contributed by atoms with Gasteiger partial charge in [0.05, 0.1) is 12.1 Å². The number of hydrogen-bond acceptors (Lipinski definition) is 5. The highest BCUT2D eigenvalue weighted by Gasteiger charge is 2.36. The lowest BCUT2D eigenvalue weighted by molar-refractivity contribution is -0.141. The largest absolute Gasteiger partial charge is 0.433 e. The minimum absolute atomic E-state index is 0.191. The summed E-state index contributed by atoms with van der Waals surface area (Å²) in [6, 6.07) is 11.8. The van der Waals surface area contributed by atoms with Crippen LogP contribution in [0.2, 0.25) is 5.02 Å². The number of aliphatic hydroxyl groups is 1. The Balaban J connectivity index is 1.28. The number of halogens is 4. The summed E-state index contributed by atoms with van der Waals surface area (Å²) in [4.78, 5) is 7.85. The SMILES string of the molecule is OC1CN(c2cccc(C(F)(F)F)n2)CC1NC1CCN(Cc2ccc(Cl)cc2)CC1. The van der Waals surface area contributed by atoms with Crippen LogP contribution in [0.15, 0.2) is 42.5 Å². The second kappa shape index (κ2) is 9.32. The van der Waals surface area contributed by atoms with Crippen molar-refractivity contribution in [1.29, 1.82) is 0 Å². The van der Waals surface area contributed by atoms with Gasteiger partial charge < -0.3 is 15.3 Å². The number of β-amino-alcohol motifs (C(OH)–C–C–N with tert-alkyl or cyclic N) is 1. The van der Waals surface area contributed by atoms with Crippen LogP contribution >= 0.6 is 11.6 Å². The molecule has 0 amide bonds. The maximum absolute atomic E-state index is 13.0. The normalized spacial score (nSPS) is 23.5. The number of alkyl halides is 3. The van der Waals surface area contributed by atoms with Gasteiger partial charge in [0, 0.05) is 30.7 Å². The molecule has 2 N–H and O–H groups in total. The van der Waals surface area contributed by atoms with E-state index in [1.54, 1.807) is 11.0 Å². The van der Waals surface area contributed by atoms with Crippen molar-refractivity contribution in [2.24, 2.45) is 0 Å². The summed E-state index contributed by atoms with van der Waals surface area (Å²) in [5.74, 6) is 0.246. The Morgan fingerprint density at radius 1 is 1.06 bits per heavy atom. The molecule has 2 aliphatic rings. The van der Waals surface area contributed by atoms with Gasteiger partial charge in [0.2, 0.25) is 0 Å². The van der Waals surface area contributed by atoms with E-state index < -0.39 is 18.0 Å². The number of nitrogens with zero attached hydrogens (tertiary/aromatic N) is 3. The lowest BCUT2D eigenvalue weighted by atomic mass is 10.0. The van der Waals surface area contributed by atoms with Crippen molar-refractivity contribution in [3.63, 3.8) is 0 Å². The molecule has 0 aliphatic carbocycles. The summed E-state index contributed by atoms with van der Waals surface area (Å²) in [5, 5.41) is 14.7. The summed E-state index contributed by atoms with van der Waals surface area (Å²) in [5.41, 5.74) is 0.315. The highest BCUT2D eigenvalue weighted by Crippen LogP contribution is 2.30. The Bertz CT molecular complexity index is 872. The summed E-state index contributed by atoms with van der Waals surface area (Å²) in [7, 11) is 0. The molecule has 0 spiro atoms. The Morgan fingerprint density at radius 3 is 2.45 bits per heavy atom. The van der Waals surface area contributed by atoms with Gasteiger partial charge >= 0.3 is 6.18 Å². The maximum atomic E-state index is 13.0. The molecule has 0 saturated carbocycles. The van der Waals surface area contributed by atoms with Crippen LogP contribution in [0.4, 0.5) is 19.0 Å². The van der Waals surface area contributed by atoms with Gasteiger partial charge in [-0.2, -0.15) is 13.2 Å². The van der Waals surface area contributed by atoms with Gasteiger partial charge in [0.25, 0.3) is 0 Å². The number of likely N-dealkylation sites (tertiary alicyclic amines) is 1. The minimum Gasteiger partial charge on any atom is -0.390 e. The standard InChI is InChI=1S/C22H26ClF3N4O/c23-16-6-4-15(5-7-16)12-29-10-8-17(9-11-29)27-18-13-30(14-19(18)31)21-3-1-2-20(28-21)22(24,25)26/h1-7,17-19,27,31H,8-14H2. The van der Waals surface area contributed by atoms with Gasteiger partial charge in [-0.15, -0.1) is 0 Å². The second-order valence-electron chi connectivity index (χ2n) is 8.30. The maximum Gasteiger partial charge on any atom is 0.433 e. The van der Waals surface area contributed by atoms with E-state index in [9.17, 15) is 18.3 Å². The molecule has 2 aliphatic heterocycles. The molecule has 31 heavy (non-hydrogen) atoms. The molecule has 4 rings (SSSR count). The van der Waals surface area contributed by atoms with E-state index in [0.29, 0.717) is 6.54 Å². The zero-order chi connectivity index (χ0) is 22.0. The van der Waals surface area contributed by atoms with Crippen molar-refractivity contribution >= 4 is 17.4 Å². The molecule has 0 bridgehead atoms. The van der Waals surface area contributed by atoms with Gasteiger partial charge in [-0.3, -0.25) is 4.90 Å². The first-order valence-corrected chi connectivity index (χ1v) is 10.9. The number of aliphatic hydroxyl groups excluding tert-OH is 1. The molecular weight excluding hydrogens is 429 g/mol. The number of nitrogens with one attached hydrogen (secondary N) is 1. The Hall–Kier alpha value is -1.87. The van der Waals surface area contributed by atoms with Crippen LogP contribution in [-0.4, -0.2) is 59.4 Å². The summed E-state index contributed by atoms with van der Waals surface area (Å²) in [6.45, 7) is 3.47. The average molecular weight is 455 g/mol. The first kappa shape index (κ1) is 22.3. The van der Waals surface area contributed by atoms with Crippen molar-refractivity contribution in [2.45, 2.75) is 43.8 Å². The number of hydrogen-bond donors (Lipinski definition) is 2. The molecule has 168 valence electrons. The molecule has 1 aromatic carbocycles. The number of anilines is 1. The van der Waals surface area contributed by atoms with E-state index >= 15 is 0 Å². The van der Waals surface area contributed by atoms with Crippen LogP contribution in [0.3, 0.4) is 0 Å². The molecule has 5 nitrogen and oxygen atoms in total. The predicted molar refractivity (Wildman–Crippen MR) is 114 cm³/mol. The Morgan fingerprint density at radius 2 is 1.77 bits per heavy atom. The molecule has 2 atom stereocenters. The average Bonchev–Trinajstić information content (AvgIpc) is 3.11. The third-order valence-corrected chi connectivity index (χ3v) is 6.25. The number of aromatic nitrogens is 1. The number of piperidine rings is 1. The first-order valence-electron chi connectivity index (χ1n) is 10.5. The van der Waals surface area contributed by atoms with E-state index in [1.165, 1.54) is 11.6 Å². The van der Waals surface area contributed by atoms with E-state index in [0.717, 1.165) is 43.6 Å². The molecule has 1 aromatic heterocycles. The number of rotatable bonds is 5. The van der Waals surface area contributed by atoms with Crippen LogP contribution in [0.5, 0.6) is 0 Å². The van der Waals surface area contributed by atoms with Gasteiger partial charge in [-0.25, -0.2) is 4.98 Å². The van der Waals surface area contributed by atoms with Crippen LogP contribution in [0.1, 0.15) is 24.1 Å². The molecule has 9 heteroatoms. The fraction of sp³-hybridized carbons (Fsp3) is 0.500. The summed E-state index contributed by atoms with van der Waals surface area (Å²) < 4.78 is 38.9. The third kappa shape index (κ3) is 5.68. The van der Waals surface area contributed by atoms with Gasteiger partial charge in [0.15, 0.2) is 0 Å². The van der Waals surface area contributed by atoms with Crippen LogP contribution < -0.4 is 10.2 Å². The van der Waals surface area contributed by atoms with Crippen molar-refractivity contribution in [1.82, 2.24) is 15.2 Å². The van der Waals surface area contributed by atoms with E-state index in [-0.39, 0.29) is 24.4 Å². The molecule has 3 heterocycles. The number of pyridine rings is 1. The van der Waals surface area contributed by atoms with Crippen LogP contribution in [0.25, 0.3) is 0 Å². The van der Waals surface area contributed by atoms with E-state index in [4.69, 9.17) is 11.6 Å². The van der Waals surface area contributed by atoms with E-state index in [2.05, 4.69) is 15.2 Å². The minimum atomic E-state index is -4.48. The third-order valence-electron chi connectivity index (χ3n) is 5.99. The lowest BCUT2D eigenvalue weighted by Crippen LogP contribution is -2.49. The topological polar surface area (TPSA) is 51.6 Å². The fourth-order valence-electron chi connectivity index (χ4n) is 4.30. The molecule has 2 saturated heterocycles. The molecule has 2 unspecified atom stereocenters. The zero-order valence-electron chi connectivity index (χ0n) is 17.0.